The lowest BCUT2D eigenvalue weighted by Gasteiger charge is -2.28. The molecule has 134 valence electrons. The Balaban J connectivity index is 1.76. The van der Waals surface area contributed by atoms with Gasteiger partial charge in [0.05, 0.1) is 12.2 Å². The lowest BCUT2D eigenvalue weighted by molar-refractivity contribution is -0.337. The van der Waals surface area contributed by atoms with Crippen LogP contribution in [0.25, 0.3) is 0 Å². The second-order valence-corrected chi connectivity index (χ2v) is 7.40. The number of unbranched alkanes of at least 4 members (excludes halogenated alkanes) is 6. The highest BCUT2D eigenvalue weighted by Crippen LogP contribution is 2.45. The Bertz CT molecular complexity index is 342. The summed E-state index contributed by atoms with van der Waals surface area (Å²) in [6.07, 6.45) is 17.7. The van der Waals surface area contributed by atoms with Gasteiger partial charge >= 0.3 is 0 Å². The van der Waals surface area contributed by atoms with Gasteiger partial charge in [0.25, 0.3) is 0 Å². The summed E-state index contributed by atoms with van der Waals surface area (Å²) in [5.41, 5.74) is 0. The van der Waals surface area contributed by atoms with Crippen LogP contribution >= 0.6 is 0 Å². The molecule has 23 heavy (non-hydrogen) atoms. The molecular weight excluding hydrogens is 288 g/mol. The summed E-state index contributed by atoms with van der Waals surface area (Å²) in [6.45, 7) is 4.45. The molecule has 1 saturated carbocycles. The molecule has 1 aliphatic carbocycles. The van der Waals surface area contributed by atoms with Crippen molar-refractivity contribution in [2.45, 2.75) is 103 Å². The van der Waals surface area contributed by atoms with Crippen LogP contribution in [0.1, 0.15) is 84.5 Å². The first-order chi connectivity index (χ1) is 11.3. The monoisotopic (exact) mass is 324 g/mol. The molecule has 2 bridgehead atoms. The van der Waals surface area contributed by atoms with Crippen LogP contribution in [0.4, 0.5) is 0 Å². The van der Waals surface area contributed by atoms with Crippen molar-refractivity contribution in [2.24, 2.45) is 11.8 Å². The number of aliphatic hydroxyl groups is 1. The van der Waals surface area contributed by atoms with Crippen LogP contribution in [0, 0.1) is 11.8 Å². The molecule has 0 spiro atoms. The Hall–Kier alpha value is -0.380. The van der Waals surface area contributed by atoms with Crippen LogP contribution in [-0.2, 0) is 9.78 Å². The van der Waals surface area contributed by atoms with Crippen LogP contribution in [0.2, 0.25) is 0 Å². The predicted molar refractivity (Wildman–Crippen MR) is 94.0 cm³/mol. The van der Waals surface area contributed by atoms with E-state index < -0.39 is 0 Å². The van der Waals surface area contributed by atoms with E-state index in [9.17, 15) is 5.11 Å². The molecule has 0 aromatic carbocycles. The first-order valence-corrected chi connectivity index (χ1v) is 9.94. The molecule has 1 N–H and O–H groups in total. The second kappa shape index (κ2) is 10.5. The van der Waals surface area contributed by atoms with Gasteiger partial charge in [0.2, 0.25) is 0 Å². The smallest absolute Gasteiger partial charge is 0.102 e. The lowest BCUT2D eigenvalue weighted by Crippen LogP contribution is -2.29. The Labute approximate surface area is 142 Å². The molecule has 0 aromatic heterocycles. The number of fused-ring (bicyclic) bond motifs is 2. The molecule has 0 radical (unpaired) electrons. The molecule has 1 aliphatic heterocycles. The Morgan fingerprint density at radius 2 is 1.65 bits per heavy atom. The van der Waals surface area contributed by atoms with Gasteiger partial charge in [-0.15, -0.1) is 0 Å². The van der Waals surface area contributed by atoms with Crippen LogP contribution in [0.5, 0.6) is 0 Å². The van der Waals surface area contributed by atoms with Crippen LogP contribution in [0.3, 0.4) is 0 Å². The van der Waals surface area contributed by atoms with E-state index in [1.165, 1.54) is 51.4 Å². The Morgan fingerprint density at radius 1 is 0.957 bits per heavy atom. The topological polar surface area (TPSA) is 38.7 Å². The summed E-state index contributed by atoms with van der Waals surface area (Å²) in [5.74, 6) is 1.01. The zero-order chi connectivity index (χ0) is 16.5. The number of rotatable bonds is 12. The van der Waals surface area contributed by atoms with Gasteiger partial charge in [-0.3, -0.25) is 0 Å². The highest BCUT2D eigenvalue weighted by molar-refractivity contribution is 5.06. The second-order valence-electron chi connectivity index (χ2n) is 7.40. The van der Waals surface area contributed by atoms with Gasteiger partial charge in [-0.05, 0) is 18.8 Å². The van der Waals surface area contributed by atoms with Gasteiger partial charge in [0, 0.05) is 12.3 Å². The average Bonchev–Trinajstić information content (AvgIpc) is 3.14. The minimum atomic E-state index is -0.299. The molecule has 2 rings (SSSR count). The molecule has 0 amide bonds. The summed E-state index contributed by atoms with van der Waals surface area (Å²) in [5, 5.41) is 10.1. The maximum absolute atomic E-state index is 10.1. The number of hydrogen-bond donors (Lipinski definition) is 1. The summed E-state index contributed by atoms with van der Waals surface area (Å²) in [6, 6.07) is 0. The Morgan fingerprint density at radius 3 is 2.43 bits per heavy atom. The summed E-state index contributed by atoms with van der Waals surface area (Å²) in [7, 11) is 0. The van der Waals surface area contributed by atoms with E-state index in [4.69, 9.17) is 9.78 Å². The van der Waals surface area contributed by atoms with Crippen molar-refractivity contribution >= 4 is 0 Å². The first kappa shape index (κ1) is 19.0. The molecule has 3 nitrogen and oxygen atoms in total. The normalized spacial score (nSPS) is 31.3. The van der Waals surface area contributed by atoms with E-state index in [1.807, 2.05) is 6.08 Å². The zero-order valence-electron chi connectivity index (χ0n) is 15.1. The molecule has 0 unspecified atom stereocenters. The fraction of sp³-hybridized carbons (Fsp3) is 0.900. The fourth-order valence-electron chi connectivity index (χ4n) is 4.03. The van der Waals surface area contributed by atoms with Crippen LogP contribution in [-0.4, -0.2) is 23.4 Å². The predicted octanol–water partition coefficient (Wildman–Crippen LogP) is 5.18. The minimum absolute atomic E-state index is 0.208. The maximum atomic E-state index is 10.1. The quantitative estimate of drug-likeness (QED) is 0.305. The van der Waals surface area contributed by atoms with E-state index in [1.54, 1.807) is 0 Å². The van der Waals surface area contributed by atoms with Gasteiger partial charge < -0.3 is 5.11 Å². The molecule has 2 aliphatic rings. The number of hydrogen-bond acceptors (Lipinski definition) is 3. The molecule has 2 fully saturated rings. The SMILES string of the molecule is CCCCCCC[C@@H]1[C@@H](/C=C/[C@H](O)CCCCC)[C@H]2C[C@@H]1OO2. The average molecular weight is 325 g/mol. The standard InChI is InChI=1S/C20H36O3/c1-3-5-7-8-10-12-17-18(20-15-19(17)22-23-20)14-13-16(21)11-9-6-4-2/h13-14,16-21H,3-12,15H2,1-2H3/b14-13+/t16-,17-,18-,19+,20-/m1/s1. The van der Waals surface area contributed by atoms with E-state index >= 15 is 0 Å². The third-order valence-corrected chi connectivity index (χ3v) is 5.47. The van der Waals surface area contributed by atoms with Crippen molar-refractivity contribution in [2.75, 3.05) is 0 Å². The van der Waals surface area contributed by atoms with Gasteiger partial charge in [0.15, 0.2) is 0 Å². The largest absolute Gasteiger partial charge is 0.389 e. The molecule has 5 atom stereocenters. The third-order valence-electron chi connectivity index (χ3n) is 5.47. The van der Waals surface area contributed by atoms with Crippen molar-refractivity contribution in [3.8, 4) is 0 Å². The zero-order valence-corrected chi connectivity index (χ0v) is 15.1. The maximum Gasteiger partial charge on any atom is 0.102 e. The van der Waals surface area contributed by atoms with Gasteiger partial charge in [-0.25, -0.2) is 9.78 Å². The lowest BCUT2D eigenvalue weighted by atomic mass is 9.87. The molecular formula is C20H36O3. The third kappa shape index (κ3) is 5.88. The molecule has 0 aromatic rings. The summed E-state index contributed by atoms with van der Waals surface area (Å²) < 4.78 is 0. The van der Waals surface area contributed by atoms with Crippen molar-refractivity contribution in [3.63, 3.8) is 0 Å². The first-order valence-electron chi connectivity index (χ1n) is 9.94. The van der Waals surface area contributed by atoms with Crippen LogP contribution in [0.15, 0.2) is 12.2 Å². The van der Waals surface area contributed by atoms with Crippen LogP contribution < -0.4 is 0 Å². The van der Waals surface area contributed by atoms with E-state index in [0.717, 1.165) is 19.3 Å². The number of aliphatic hydroxyl groups excluding tert-OH is 1. The summed E-state index contributed by atoms with van der Waals surface area (Å²) in [4.78, 5) is 10.9. The highest BCUT2D eigenvalue weighted by atomic mass is 17.2. The molecule has 1 saturated heterocycles. The highest BCUT2D eigenvalue weighted by Gasteiger charge is 2.49. The van der Waals surface area contributed by atoms with Crippen molar-refractivity contribution in [3.05, 3.63) is 12.2 Å². The van der Waals surface area contributed by atoms with E-state index in [0.29, 0.717) is 11.8 Å². The Kier molecular flexibility index (Phi) is 8.63. The van der Waals surface area contributed by atoms with Crippen molar-refractivity contribution in [1.82, 2.24) is 0 Å². The van der Waals surface area contributed by atoms with Crippen molar-refractivity contribution in [1.29, 1.82) is 0 Å². The van der Waals surface area contributed by atoms with Crippen molar-refractivity contribution < 1.29 is 14.9 Å². The summed E-state index contributed by atoms with van der Waals surface area (Å²) >= 11 is 0. The molecule has 1 heterocycles. The van der Waals surface area contributed by atoms with Gasteiger partial charge in [-0.2, -0.15) is 0 Å². The fourth-order valence-corrected chi connectivity index (χ4v) is 4.03. The van der Waals surface area contributed by atoms with E-state index in [-0.39, 0.29) is 18.3 Å². The minimum Gasteiger partial charge on any atom is -0.389 e. The molecule has 3 heteroatoms. The van der Waals surface area contributed by atoms with Gasteiger partial charge in [0.1, 0.15) is 6.10 Å². The van der Waals surface area contributed by atoms with E-state index in [2.05, 4.69) is 19.9 Å². The van der Waals surface area contributed by atoms with Gasteiger partial charge in [-0.1, -0.05) is 77.4 Å².